The second-order valence-electron chi connectivity index (χ2n) is 5.49. The van der Waals surface area contributed by atoms with Crippen molar-refractivity contribution in [3.63, 3.8) is 0 Å². The Morgan fingerprint density at radius 2 is 1.78 bits per heavy atom. The van der Waals surface area contributed by atoms with Gasteiger partial charge in [-0.15, -0.1) is 0 Å². The highest BCUT2D eigenvalue weighted by atomic mass is 19.1. The molecule has 2 heterocycles. The molecule has 0 spiro atoms. The third-order valence-corrected chi connectivity index (χ3v) is 3.78. The monoisotopic (exact) mass is 317 g/mol. The maximum atomic E-state index is 13.7. The number of benzene rings is 1. The second kappa shape index (κ2) is 6.76. The molecule has 1 fully saturated rings. The summed E-state index contributed by atoms with van der Waals surface area (Å²) in [6.07, 6.45) is 1.40. The Balaban J connectivity index is 1.75. The molecule has 122 valence electrons. The second-order valence-corrected chi connectivity index (χ2v) is 5.49. The van der Waals surface area contributed by atoms with Gasteiger partial charge in [0.05, 0.1) is 5.69 Å². The van der Waals surface area contributed by atoms with Crippen LogP contribution in [0.2, 0.25) is 0 Å². The third-order valence-electron chi connectivity index (χ3n) is 3.78. The molecule has 0 aliphatic carbocycles. The minimum absolute atomic E-state index is 0.323. The highest BCUT2D eigenvalue weighted by Gasteiger charge is 2.16. The topological polar surface area (TPSA) is 82.3 Å². The number of aromatic nitrogens is 2. The summed E-state index contributed by atoms with van der Waals surface area (Å²) in [7, 11) is 2.09. The van der Waals surface area contributed by atoms with E-state index in [1.165, 1.54) is 12.4 Å². The van der Waals surface area contributed by atoms with Gasteiger partial charge in [-0.3, -0.25) is 0 Å². The lowest BCUT2D eigenvalue weighted by Gasteiger charge is -2.32. The molecule has 1 aromatic carbocycles. The van der Waals surface area contributed by atoms with Crippen molar-refractivity contribution >= 4 is 23.0 Å². The molecular formula is C15H20FN7. The van der Waals surface area contributed by atoms with E-state index >= 15 is 0 Å². The number of hydrogen-bond donors (Lipinski definition) is 3. The lowest BCUT2D eigenvalue weighted by Crippen LogP contribution is -2.47. The first kappa shape index (κ1) is 15.4. The van der Waals surface area contributed by atoms with Gasteiger partial charge in [0.25, 0.3) is 0 Å². The van der Waals surface area contributed by atoms with E-state index in [-0.39, 0.29) is 5.82 Å². The molecule has 0 bridgehead atoms. The summed E-state index contributed by atoms with van der Waals surface area (Å²) in [6, 6.07) is 6.38. The van der Waals surface area contributed by atoms with Gasteiger partial charge >= 0.3 is 0 Å². The van der Waals surface area contributed by atoms with Gasteiger partial charge in [-0.2, -0.15) is 0 Å². The Kier molecular flexibility index (Phi) is 4.54. The molecule has 1 saturated heterocycles. The Bertz CT molecular complexity index is 671. The average Bonchev–Trinajstić information content (AvgIpc) is 2.55. The summed E-state index contributed by atoms with van der Waals surface area (Å²) < 4.78 is 13.7. The number of rotatable bonds is 4. The van der Waals surface area contributed by atoms with E-state index in [2.05, 4.69) is 37.7 Å². The molecule has 0 atom stereocenters. The van der Waals surface area contributed by atoms with Gasteiger partial charge in [0, 0.05) is 26.2 Å². The van der Waals surface area contributed by atoms with Crippen LogP contribution in [-0.2, 0) is 0 Å². The van der Waals surface area contributed by atoms with Gasteiger partial charge in [0.2, 0.25) is 0 Å². The predicted octanol–water partition coefficient (Wildman–Crippen LogP) is 1.52. The number of hydrogen-bond acceptors (Lipinski definition) is 7. The van der Waals surface area contributed by atoms with Crippen LogP contribution in [0.3, 0.4) is 0 Å². The van der Waals surface area contributed by atoms with E-state index in [9.17, 15) is 4.39 Å². The van der Waals surface area contributed by atoms with Crippen molar-refractivity contribution in [2.45, 2.75) is 0 Å². The minimum atomic E-state index is -0.362. The fourth-order valence-electron chi connectivity index (χ4n) is 2.34. The van der Waals surface area contributed by atoms with Crippen LogP contribution < -0.4 is 16.5 Å². The maximum absolute atomic E-state index is 13.7. The molecule has 0 radical (unpaired) electrons. The summed E-state index contributed by atoms with van der Waals surface area (Å²) in [6.45, 7) is 3.68. The quantitative estimate of drug-likeness (QED) is 0.788. The SMILES string of the molecule is CN1CCN(Nc2ncnc(Nc3ccccc3F)c2N)CC1. The average molecular weight is 317 g/mol. The van der Waals surface area contributed by atoms with Crippen molar-refractivity contribution in [3.8, 4) is 0 Å². The molecule has 1 aromatic heterocycles. The number of hydrazine groups is 1. The van der Waals surface area contributed by atoms with Gasteiger partial charge in [-0.05, 0) is 19.2 Å². The molecule has 0 amide bonds. The molecule has 23 heavy (non-hydrogen) atoms. The zero-order valence-electron chi connectivity index (χ0n) is 13.0. The van der Waals surface area contributed by atoms with Crippen LogP contribution in [0.15, 0.2) is 30.6 Å². The Hall–Kier alpha value is -2.45. The zero-order chi connectivity index (χ0) is 16.2. The summed E-state index contributed by atoms with van der Waals surface area (Å²) in [4.78, 5) is 10.5. The summed E-state index contributed by atoms with van der Waals surface area (Å²) in [5, 5.41) is 4.97. The van der Waals surface area contributed by atoms with Crippen LogP contribution >= 0.6 is 0 Å². The van der Waals surface area contributed by atoms with Crippen molar-refractivity contribution in [2.24, 2.45) is 0 Å². The number of nitrogens with two attached hydrogens (primary N) is 1. The molecule has 1 aliphatic heterocycles. The number of nitrogens with zero attached hydrogens (tertiary/aromatic N) is 4. The van der Waals surface area contributed by atoms with Crippen molar-refractivity contribution in [2.75, 3.05) is 49.7 Å². The van der Waals surface area contributed by atoms with Crippen molar-refractivity contribution in [1.29, 1.82) is 0 Å². The predicted molar refractivity (Wildman–Crippen MR) is 88.8 cm³/mol. The number of nitrogen functional groups attached to an aromatic ring is 1. The van der Waals surface area contributed by atoms with Gasteiger partial charge in [-0.1, -0.05) is 12.1 Å². The van der Waals surface area contributed by atoms with Gasteiger partial charge < -0.3 is 21.4 Å². The molecular weight excluding hydrogens is 297 g/mol. The lowest BCUT2D eigenvalue weighted by molar-refractivity contribution is 0.178. The summed E-state index contributed by atoms with van der Waals surface area (Å²) in [5.74, 6) is 0.532. The van der Waals surface area contributed by atoms with Crippen LogP contribution in [-0.4, -0.2) is 53.1 Å². The first-order chi connectivity index (χ1) is 11.1. The van der Waals surface area contributed by atoms with E-state index < -0.39 is 0 Å². The standard InChI is InChI=1S/C15H20FN7/c1-22-6-8-23(9-7-22)21-15-13(17)14(18-10-19-15)20-12-5-3-2-4-11(12)16/h2-5,10H,6-9,17H2,1H3,(H2,18,19,20,21). The highest BCUT2D eigenvalue weighted by Crippen LogP contribution is 2.27. The smallest absolute Gasteiger partial charge is 0.169 e. The Morgan fingerprint density at radius 3 is 2.52 bits per heavy atom. The number of anilines is 4. The van der Waals surface area contributed by atoms with E-state index in [0.717, 1.165) is 26.2 Å². The normalized spacial score (nSPS) is 16.3. The maximum Gasteiger partial charge on any atom is 0.169 e. The summed E-state index contributed by atoms with van der Waals surface area (Å²) in [5.41, 5.74) is 10.0. The van der Waals surface area contributed by atoms with Crippen LogP contribution in [0, 0.1) is 5.82 Å². The molecule has 0 saturated carbocycles. The van der Waals surface area contributed by atoms with Crippen LogP contribution in [0.25, 0.3) is 0 Å². The number of piperazine rings is 1. The number of nitrogens with one attached hydrogen (secondary N) is 2. The van der Waals surface area contributed by atoms with Crippen LogP contribution in [0.4, 0.5) is 27.4 Å². The van der Waals surface area contributed by atoms with Crippen molar-refractivity contribution in [3.05, 3.63) is 36.4 Å². The van der Waals surface area contributed by atoms with E-state index in [0.29, 0.717) is 23.0 Å². The van der Waals surface area contributed by atoms with Gasteiger partial charge in [-0.25, -0.2) is 19.4 Å². The Morgan fingerprint density at radius 1 is 1.09 bits per heavy atom. The van der Waals surface area contributed by atoms with Crippen LogP contribution in [0.1, 0.15) is 0 Å². The molecule has 3 rings (SSSR count). The molecule has 8 heteroatoms. The highest BCUT2D eigenvalue weighted by molar-refractivity contribution is 5.77. The zero-order valence-corrected chi connectivity index (χ0v) is 13.0. The first-order valence-corrected chi connectivity index (χ1v) is 7.45. The first-order valence-electron chi connectivity index (χ1n) is 7.45. The molecule has 1 aliphatic rings. The third kappa shape index (κ3) is 3.66. The van der Waals surface area contributed by atoms with Gasteiger partial charge in [0.15, 0.2) is 11.6 Å². The molecule has 4 N–H and O–H groups in total. The largest absolute Gasteiger partial charge is 0.393 e. The number of halogens is 1. The van der Waals surface area contributed by atoms with Crippen LogP contribution in [0.5, 0.6) is 0 Å². The van der Waals surface area contributed by atoms with Gasteiger partial charge in [0.1, 0.15) is 17.8 Å². The molecule has 0 unspecified atom stereocenters. The molecule has 7 nitrogen and oxygen atoms in total. The van der Waals surface area contributed by atoms with E-state index in [1.54, 1.807) is 18.2 Å². The van der Waals surface area contributed by atoms with Crippen molar-refractivity contribution in [1.82, 2.24) is 19.9 Å². The van der Waals surface area contributed by atoms with Crippen molar-refractivity contribution < 1.29 is 4.39 Å². The lowest BCUT2D eigenvalue weighted by atomic mass is 10.3. The Labute approximate surface area is 134 Å². The summed E-state index contributed by atoms with van der Waals surface area (Å²) >= 11 is 0. The fourth-order valence-corrected chi connectivity index (χ4v) is 2.34. The van der Waals surface area contributed by atoms with E-state index in [1.807, 2.05) is 0 Å². The fraction of sp³-hybridized carbons (Fsp3) is 0.333. The van der Waals surface area contributed by atoms with E-state index in [4.69, 9.17) is 5.73 Å². The minimum Gasteiger partial charge on any atom is -0.393 e. The number of likely N-dealkylation sites (N-methyl/N-ethyl adjacent to an activating group) is 1. The molecule has 2 aromatic rings. The number of para-hydroxylation sites is 1.